The summed E-state index contributed by atoms with van der Waals surface area (Å²) < 4.78 is 17.7. The van der Waals surface area contributed by atoms with E-state index in [-0.39, 0.29) is 0 Å². The average molecular weight is 322 g/mol. The number of nitrogens with two attached hydrogens (primary N) is 1. The topological polar surface area (TPSA) is 53.7 Å². The molecule has 19 heavy (non-hydrogen) atoms. The van der Waals surface area contributed by atoms with E-state index in [0.29, 0.717) is 41.9 Å². The number of anilines is 1. The molecular weight excluding hydrogens is 310 g/mol. The molecule has 0 amide bonds. The summed E-state index contributed by atoms with van der Waals surface area (Å²) in [5, 5.41) is 0. The minimum absolute atomic E-state index is 0.521. The van der Waals surface area contributed by atoms with Gasteiger partial charge in [-0.25, -0.2) is 0 Å². The fourth-order valence-electron chi connectivity index (χ4n) is 1.80. The molecule has 1 heterocycles. The Morgan fingerprint density at radius 2 is 1.63 bits per heavy atom. The van der Waals surface area contributed by atoms with Gasteiger partial charge in [-0.05, 0) is 24.3 Å². The summed E-state index contributed by atoms with van der Waals surface area (Å²) in [5.41, 5.74) is 6.47. The maximum atomic E-state index is 5.95. The third-order valence-corrected chi connectivity index (χ3v) is 3.24. The Kier molecular flexibility index (Phi) is 3.21. The highest BCUT2D eigenvalue weighted by molar-refractivity contribution is 9.10. The predicted molar refractivity (Wildman–Crippen MR) is 76.1 cm³/mol. The molecule has 1 aliphatic rings. The normalized spacial score (nSPS) is 13.1. The molecule has 4 nitrogen and oxygen atoms in total. The van der Waals surface area contributed by atoms with Crippen molar-refractivity contribution in [2.45, 2.75) is 0 Å². The first-order chi connectivity index (χ1) is 9.22. The lowest BCUT2D eigenvalue weighted by molar-refractivity contribution is 0.171. The molecule has 0 bridgehead atoms. The highest BCUT2D eigenvalue weighted by Crippen LogP contribution is 2.39. The van der Waals surface area contributed by atoms with Crippen LogP contribution in [0.25, 0.3) is 0 Å². The maximum Gasteiger partial charge on any atom is 0.165 e. The lowest BCUT2D eigenvalue weighted by atomic mass is 10.2. The highest BCUT2D eigenvalue weighted by atomic mass is 79.9. The van der Waals surface area contributed by atoms with E-state index in [1.807, 2.05) is 24.3 Å². The number of benzene rings is 2. The Hall–Kier alpha value is -1.88. The molecular formula is C14H12BrNO3. The molecule has 2 N–H and O–H groups in total. The summed E-state index contributed by atoms with van der Waals surface area (Å²) in [6.45, 7) is 1.08. The molecule has 1 aliphatic heterocycles. The number of hydrogen-bond acceptors (Lipinski definition) is 4. The Labute approximate surface area is 119 Å². The van der Waals surface area contributed by atoms with Crippen LogP contribution in [0.5, 0.6) is 23.0 Å². The van der Waals surface area contributed by atoms with Crippen LogP contribution in [-0.4, -0.2) is 13.2 Å². The Balaban J connectivity index is 1.90. The van der Waals surface area contributed by atoms with E-state index in [9.17, 15) is 0 Å². The van der Waals surface area contributed by atoms with Crippen molar-refractivity contribution in [3.8, 4) is 23.0 Å². The van der Waals surface area contributed by atoms with Gasteiger partial charge in [0.25, 0.3) is 0 Å². The maximum absolute atomic E-state index is 5.95. The molecule has 0 radical (unpaired) electrons. The van der Waals surface area contributed by atoms with Crippen LogP contribution in [0.3, 0.4) is 0 Å². The van der Waals surface area contributed by atoms with Crippen LogP contribution < -0.4 is 19.9 Å². The smallest absolute Gasteiger partial charge is 0.165 e. The summed E-state index contributed by atoms with van der Waals surface area (Å²) in [4.78, 5) is 0. The third kappa shape index (κ3) is 2.61. The predicted octanol–water partition coefficient (Wildman–Crippen LogP) is 3.59. The number of nitrogen functional groups attached to an aromatic ring is 1. The number of halogens is 1. The van der Waals surface area contributed by atoms with Gasteiger partial charge in [-0.2, -0.15) is 0 Å². The van der Waals surface area contributed by atoms with Crippen LogP contribution in [0, 0.1) is 0 Å². The zero-order valence-electron chi connectivity index (χ0n) is 10.1. The number of fused-ring (bicyclic) bond motifs is 1. The Morgan fingerprint density at radius 1 is 1.00 bits per heavy atom. The Bertz CT molecular complexity index is 598. The van der Waals surface area contributed by atoms with E-state index in [1.165, 1.54) is 0 Å². The summed E-state index contributed by atoms with van der Waals surface area (Å²) in [6.07, 6.45) is 0. The highest BCUT2D eigenvalue weighted by Gasteiger charge is 2.15. The average Bonchev–Trinajstić information content (AvgIpc) is 2.42. The van der Waals surface area contributed by atoms with Crippen molar-refractivity contribution < 1.29 is 14.2 Å². The second-order valence-electron chi connectivity index (χ2n) is 4.09. The van der Waals surface area contributed by atoms with Crippen LogP contribution in [0.4, 0.5) is 5.69 Å². The fourth-order valence-corrected chi connectivity index (χ4v) is 2.07. The molecule has 0 spiro atoms. The summed E-state index contributed by atoms with van der Waals surface area (Å²) in [5.74, 6) is 2.60. The molecule has 0 aromatic heterocycles. The van der Waals surface area contributed by atoms with Crippen LogP contribution in [-0.2, 0) is 0 Å². The second-order valence-corrected chi connectivity index (χ2v) is 5.01. The van der Waals surface area contributed by atoms with Crippen LogP contribution in [0.2, 0.25) is 0 Å². The van der Waals surface area contributed by atoms with Crippen molar-refractivity contribution in [1.29, 1.82) is 0 Å². The van der Waals surface area contributed by atoms with Crippen molar-refractivity contribution in [3.63, 3.8) is 0 Å². The lowest BCUT2D eigenvalue weighted by Gasteiger charge is -2.20. The molecule has 0 atom stereocenters. The van der Waals surface area contributed by atoms with E-state index in [4.69, 9.17) is 19.9 Å². The van der Waals surface area contributed by atoms with Crippen molar-refractivity contribution in [3.05, 3.63) is 40.9 Å². The molecule has 0 saturated carbocycles. The van der Waals surface area contributed by atoms with E-state index in [0.717, 1.165) is 4.47 Å². The molecule has 0 saturated heterocycles. The van der Waals surface area contributed by atoms with E-state index < -0.39 is 0 Å². The molecule has 98 valence electrons. The van der Waals surface area contributed by atoms with Gasteiger partial charge < -0.3 is 19.9 Å². The van der Waals surface area contributed by atoms with Gasteiger partial charge in [0, 0.05) is 16.6 Å². The fraction of sp³-hybridized carbons (Fsp3) is 0.143. The van der Waals surface area contributed by atoms with Crippen molar-refractivity contribution in [2.24, 2.45) is 0 Å². The quantitative estimate of drug-likeness (QED) is 0.859. The van der Waals surface area contributed by atoms with Gasteiger partial charge in [-0.1, -0.05) is 15.9 Å². The Morgan fingerprint density at radius 3 is 2.32 bits per heavy atom. The molecule has 2 aromatic carbocycles. The molecule has 3 rings (SSSR count). The number of hydrogen-bond donors (Lipinski definition) is 1. The third-order valence-electron chi connectivity index (χ3n) is 2.72. The zero-order chi connectivity index (χ0) is 13.2. The first-order valence-electron chi connectivity index (χ1n) is 5.85. The lowest BCUT2D eigenvalue weighted by Crippen LogP contribution is -2.15. The molecule has 0 unspecified atom stereocenters. The first kappa shape index (κ1) is 12.2. The summed E-state index contributed by atoms with van der Waals surface area (Å²) >= 11 is 3.38. The van der Waals surface area contributed by atoms with Crippen molar-refractivity contribution in [1.82, 2.24) is 0 Å². The minimum atomic E-state index is 0.521. The van der Waals surface area contributed by atoms with Gasteiger partial charge in [0.05, 0.1) is 5.69 Å². The summed E-state index contributed by atoms with van der Waals surface area (Å²) in [6, 6.07) is 11.0. The first-order valence-corrected chi connectivity index (χ1v) is 6.64. The van der Waals surface area contributed by atoms with Gasteiger partial charge in [0.15, 0.2) is 17.2 Å². The van der Waals surface area contributed by atoms with E-state index in [1.54, 1.807) is 12.1 Å². The largest absolute Gasteiger partial charge is 0.486 e. The van der Waals surface area contributed by atoms with E-state index >= 15 is 0 Å². The van der Waals surface area contributed by atoms with Crippen LogP contribution in [0.1, 0.15) is 0 Å². The van der Waals surface area contributed by atoms with Gasteiger partial charge in [0.2, 0.25) is 0 Å². The molecule has 0 fully saturated rings. The molecule has 2 aromatic rings. The van der Waals surface area contributed by atoms with E-state index in [2.05, 4.69) is 15.9 Å². The second kappa shape index (κ2) is 5.01. The monoisotopic (exact) mass is 321 g/mol. The number of rotatable bonds is 2. The van der Waals surface area contributed by atoms with Gasteiger partial charge in [0.1, 0.15) is 19.0 Å². The summed E-state index contributed by atoms with van der Waals surface area (Å²) in [7, 11) is 0. The van der Waals surface area contributed by atoms with Crippen molar-refractivity contribution >= 4 is 21.6 Å². The zero-order valence-corrected chi connectivity index (χ0v) is 11.6. The number of ether oxygens (including phenoxy) is 3. The van der Waals surface area contributed by atoms with Gasteiger partial charge >= 0.3 is 0 Å². The van der Waals surface area contributed by atoms with Gasteiger partial charge in [-0.3, -0.25) is 0 Å². The SMILES string of the molecule is Nc1cc2c(cc1Oc1ccc(Br)cc1)OCCO2. The molecule has 5 heteroatoms. The van der Waals surface area contributed by atoms with Crippen LogP contribution >= 0.6 is 15.9 Å². The standard InChI is InChI=1S/C14H12BrNO3/c15-9-1-3-10(4-2-9)19-12-8-14-13(7-11(12)16)17-5-6-18-14/h1-4,7-8H,5-6,16H2. The molecule has 0 aliphatic carbocycles. The van der Waals surface area contributed by atoms with Gasteiger partial charge in [-0.15, -0.1) is 0 Å². The minimum Gasteiger partial charge on any atom is -0.486 e. The van der Waals surface area contributed by atoms with Crippen molar-refractivity contribution in [2.75, 3.05) is 18.9 Å². The van der Waals surface area contributed by atoms with Crippen LogP contribution in [0.15, 0.2) is 40.9 Å².